The van der Waals surface area contributed by atoms with E-state index in [1.807, 2.05) is 0 Å². The number of nitrogens with zero attached hydrogens (tertiary/aromatic N) is 2. The maximum absolute atomic E-state index is 12.8. The van der Waals surface area contributed by atoms with Gasteiger partial charge < -0.3 is 0 Å². The second kappa shape index (κ2) is 4.42. The lowest BCUT2D eigenvalue weighted by Gasteiger charge is -2.39. The first-order valence-electron chi connectivity index (χ1n) is 5.95. The number of hydrogen-bond donors (Lipinski definition) is 0. The standard InChI is InChI=1S/C13H11F5N2OS/c1-10(21)20(11-6-3-2-4-7-11)12-8-5-9-13(19-12)22(14,15,16,17)18/h2-9H,1H3. The SMILES string of the molecule is CC(=O)N(c1ccccc1)c1cccc(S(F)(F)(F)(F)F)n1. The van der Waals surface area contributed by atoms with Gasteiger partial charge in [0.15, 0.2) is 5.03 Å². The van der Waals surface area contributed by atoms with E-state index in [4.69, 9.17) is 0 Å². The predicted molar refractivity (Wildman–Crippen MR) is 74.9 cm³/mol. The van der Waals surface area contributed by atoms with Gasteiger partial charge in [-0.1, -0.05) is 43.7 Å². The summed E-state index contributed by atoms with van der Waals surface area (Å²) in [4.78, 5) is 15.5. The Bertz CT molecular complexity index is 718. The van der Waals surface area contributed by atoms with Gasteiger partial charge in [0.05, 0.1) is 5.69 Å². The minimum atomic E-state index is -9.91. The molecule has 0 aliphatic rings. The molecule has 22 heavy (non-hydrogen) atoms. The Hall–Kier alpha value is -2.16. The number of halogens is 5. The highest BCUT2D eigenvalue weighted by Crippen LogP contribution is 3.01. The molecule has 1 aromatic carbocycles. The van der Waals surface area contributed by atoms with Gasteiger partial charge in [-0.25, -0.2) is 4.98 Å². The molecule has 0 N–H and O–H groups in total. The summed E-state index contributed by atoms with van der Waals surface area (Å²) in [5.41, 5.74) is 0.224. The van der Waals surface area contributed by atoms with E-state index in [1.54, 1.807) is 18.2 Å². The van der Waals surface area contributed by atoms with Crippen molar-refractivity contribution in [2.24, 2.45) is 0 Å². The summed E-state index contributed by atoms with van der Waals surface area (Å²) >= 11 is 0. The fourth-order valence-electron chi connectivity index (χ4n) is 1.80. The van der Waals surface area contributed by atoms with Crippen LogP contribution in [0.1, 0.15) is 6.92 Å². The monoisotopic (exact) mass is 338 g/mol. The molecule has 9 heteroatoms. The van der Waals surface area contributed by atoms with Gasteiger partial charge in [-0.3, -0.25) is 9.69 Å². The van der Waals surface area contributed by atoms with Crippen LogP contribution in [0, 0.1) is 0 Å². The summed E-state index contributed by atoms with van der Waals surface area (Å²) in [6.45, 7) is 1.10. The highest BCUT2D eigenvalue weighted by molar-refractivity contribution is 8.45. The van der Waals surface area contributed by atoms with Crippen molar-refractivity contribution in [3.8, 4) is 0 Å². The fourth-order valence-corrected chi connectivity index (χ4v) is 2.40. The molecule has 0 spiro atoms. The maximum atomic E-state index is 12.8. The summed E-state index contributed by atoms with van der Waals surface area (Å²) in [7, 11) is -9.91. The number of hydrogen-bond acceptors (Lipinski definition) is 2. The summed E-state index contributed by atoms with van der Waals surface area (Å²) in [6.07, 6.45) is 0. The number of carbonyl (C=O) groups is 1. The Morgan fingerprint density at radius 2 is 1.55 bits per heavy atom. The van der Waals surface area contributed by atoms with Gasteiger partial charge in [-0.05, 0) is 24.3 Å². The maximum Gasteiger partial charge on any atom is 0.325 e. The van der Waals surface area contributed by atoms with E-state index in [1.165, 1.54) is 12.1 Å². The number of para-hydroxylation sites is 1. The number of rotatable bonds is 3. The van der Waals surface area contributed by atoms with Gasteiger partial charge in [0, 0.05) is 6.92 Å². The van der Waals surface area contributed by atoms with Gasteiger partial charge >= 0.3 is 10.2 Å². The lowest BCUT2D eigenvalue weighted by atomic mass is 10.2. The number of benzene rings is 1. The van der Waals surface area contributed by atoms with Crippen molar-refractivity contribution in [3.05, 3.63) is 48.5 Å². The third kappa shape index (κ3) is 3.53. The van der Waals surface area contributed by atoms with Crippen LogP contribution in [-0.2, 0) is 4.79 Å². The Balaban J connectivity index is 2.60. The Labute approximate surface area is 123 Å². The number of carbonyl (C=O) groups excluding carboxylic acids is 1. The molecule has 0 unspecified atom stereocenters. The molecule has 1 aromatic heterocycles. The Morgan fingerprint density at radius 3 is 2.05 bits per heavy atom. The lowest BCUT2D eigenvalue weighted by molar-refractivity contribution is -0.115. The molecule has 1 amide bonds. The summed E-state index contributed by atoms with van der Waals surface area (Å²) in [6, 6.07) is 9.69. The van der Waals surface area contributed by atoms with E-state index in [2.05, 4.69) is 4.98 Å². The zero-order valence-corrected chi connectivity index (χ0v) is 12.0. The predicted octanol–water partition coefficient (Wildman–Crippen LogP) is 5.42. The molecule has 0 saturated heterocycles. The molecule has 2 aromatic rings. The van der Waals surface area contributed by atoms with Gasteiger partial charge in [0.2, 0.25) is 5.91 Å². The summed E-state index contributed by atoms with van der Waals surface area (Å²) in [5.74, 6) is -1.18. The molecule has 0 radical (unpaired) electrons. The van der Waals surface area contributed by atoms with Crippen LogP contribution >= 0.6 is 10.2 Å². The minimum Gasteiger partial charge on any atom is -0.274 e. The Kier molecular flexibility index (Phi) is 3.26. The van der Waals surface area contributed by atoms with E-state index in [0.717, 1.165) is 24.0 Å². The molecule has 120 valence electrons. The normalized spacial score (nSPS) is 14.8. The molecule has 3 nitrogen and oxygen atoms in total. The van der Waals surface area contributed by atoms with Crippen molar-refractivity contribution in [3.63, 3.8) is 0 Å². The van der Waals surface area contributed by atoms with Crippen LogP contribution < -0.4 is 4.90 Å². The van der Waals surface area contributed by atoms with Crippen molar-refractivity contribution in [1.29, 1.82) is 0 Å². The van der Waals surface area contributed by atoms with E-state index < -0.39 is 27.0 Å². The number of aromatic nitrogens is 1. The van der Waals surface area contributed by atoms with E-state index in [0.29, 0.717) is 0 Å². The van der Waals surface area contributed by atoms with E-state index in [-0.39, 0.29) is 11.8 Å². The highest BCUT2D eigenvalue weighted by atomic mass is 32.5. The lowest BCUT2D eigenvalue weighted by Crippen LogP contribution is -2.24. The van der Waals surface area contributed by atoms with E-state index >= 15 is 0 Å². The molecular formula is C13H11F5N2OS. The largest absolute Gasteiger partial charge is 0.325 e. The van der Waals surface area contributed by atoms with Gasteiger partial charge in [0.25, 0.3) is 0 Å². The van der Waals surface area contributed by atoms with Crippen LogP contribution in [0.3, 0.4) is 0 Å². The second-order valence-corrected chi connectivity index (χ2v) is 6.85. The number of amides is 1. The van der Waals surface area contributed by atoms with Crippen LogP contribution in [0.5, 0.6) is 0 Å². The topological polar surface area (TPSA) is 33.2 Å². The smallest absolute Gasteiger partial charge is 0.274 e. The Morgan fingerprint density at radius 1 is 0.955 bits per heavy atom. The van der Waals surface area contributed by atoms with Crippen molar-refractivity contribution in [1.82, 2.24) is 4.98 Å². The molecule has 0 saturated carbocycles. The molecule has 0 atom stereocenters. The van der Waals surface area contributed by atoms with Crippen LogP contribution in [0.25, 0.3) is 0 Å². The average molecular weight is 338 g/mol. The van der Waals surface area contributed by atoms with Crippen molar-refractivity contribution in [2.45, 2.75) is 11.9 Å². The van der Waals surface area contributed by atoms with Crippen molar-refractivity contribution < 1.29 is 24.2 Å². The first-order chi connectivity index (χ1) is 9.88. The molecule has 0 bridgehead atoms. The van der Waals surface area contributed by atoms with Crippen LogP contribution in [0.2, 0.25) is 0 Å². The number of anilines is 2. The van der Waals surface area contributed by atoms with Crippen LogP contribution in [-0.4, -0.2) is 10.9 Å². The van der Waals surface area contributed by atoms with Crippen LogP contribution in [0.15, 0.2) is 53.6 Å². The molecular weight excluding hydrogens is 327 g/mol. The van der Waals surface area contributed by atoms with Gasteiger partial charge in [0.1, 0.15) is 5.82 Å². The molecule has 1 heterocycles. The zero-order chi connectivity index (χ0) is 16.7. The van der Waals surface area contributed by atoms with Crippen molar-refractivity contribution in [2.75, 3.05) is 4.90 Å². The molecule has 0 aliphatic heterocycles. The second-order valence-electron chi connectivity index (χ2n) is 4.49. The highest BCUT2D eigenvalue weighted by Gasteiger charge is 2.67. The first kappa shape index (κ1) is 16.2. The zero-order valence-electron chi connectivity index (χ0n) is 11.2. The average Bonchev–Trinajstić information content (AvgIpc) is 2.37. The summed E-state index contributed by atoms with van der Waals surface area (Å²) < 4.78 is 64.1. The fraction of sp³-hybridized carbons (Fsp3) is 0.0769. The molecule has 0 aliphatic carbocycles. The third-order valence-electron chi connectivity index (χ3n) is 2.66. The van der Waals surface area contributed by atoms with Crippen molar-refractivity contribution >= 4 is 27.6 Å². The van der Waals surface area contributed by atoms with E-state index in [9.17, 15) is 24.2 Å². The number of pyridine rings is 1. The first-order valence-corrected chi connectivity index (χ1v) is 7.90. The van der Waals surface area contributed by atoms with Gasteiger partial charge in [-0.15, -0.1) is 0 Å². The van der Waals surface area contributed by atoms with Gasteiger partial charge in [-0.2, -0.15) is 0 Å². The quantitative estimate of drug-likeness (QED) is 0.700. The molecule has 0 fully saturated rings. The molecule has 2 rings (SSSR count). The van der Waals surface area contributed by atoms with Crippen LogP contribution in [0.4, 0.5) is 30.9 Å². The minimum absolute atomic E-state index is 0.189. The summed E-state index contributed by atoms with van der Waals surface area (Å²) in [5, 5.41) is -2.28. The third-order valence-corrected chi connectivity index (χ3v) is 3.68.